The molecule has 0 aliphatic carbocycles. The number of hydrogen-bond acceptors (Lipinski definition) is 3. The molecule has 1 saturated heterocycles. The molecular weight excluding hydrogens is 252 g/mol. The zero-order chi connectivity index (χ0) is 12.7. The van der Waals surface area contributed by atoms with Gasteiger partial charge in [-0.05, 0) is 11.6 Å². The standard InChI is InChI=1S/C16H14N2S/c1-2-6-12(7-3-1)15-13-8-4-5-9-14(13)17-16-18(15)10-11-19-16/h1-9,15H,10-11H2. The van der Waals surface area contributed by atoms with Crippen LogP contribution in [0.4, 0.5) is 5.69 Å². The van der Waals surface area contributed by atoms with E-state index in [2.05, 4.69) is 59.5 Å². The number of amidine groups is 1. The van der Waals surface area contributed by atoms with Crippen molar-refractivity contribution in [2.24, 2.45) is 4.99 Å². The Morgan fingerprint density at radius 2 is 1.79 bits per heavy atom. The summed E-state index contributed by atoms with van der Waals surface area (Å²) in [5.74, 6) is 1.14. The molecule has 1 fully saturated rings. The van der Waals surface area contributed by atoms with Crippen molar-refractivity contribution in [1.29, 1.82) is 0 Å². The lowest BCUT2D eigenvalue weighted by Gasteiger charge is -2.34. The predicted octanol–water partition coefficient (Wildman–Crippen LogP) is 3.83. The van der Waals surface area contributed by atoms with Crippen LogP contribution in [0, 0.1) is 0 Å². The molecule has 3 heteroatoms. The first-order chi connectivity index (χ1) is 9.43. The summed E-state index contributed by atoms with van der Waals surface area (Å²) in [4.78, 5) is 7.22. The summed E-state index contributed by atoms with van der Waals surface area (Å²) in [6.07, 6.45) is 0. The molecule has 1 unspecified atom stereocenters. The molecule has 1 atom stereocenters. The highest BCUT2D eigenvalue weighted by Gasteiger charge is 2.34. The van der Waals surface area contributed by atoms with E-state index < -0.39 is 0 Å². The van der Waals surface area contributed by atoms with Crippen LogP contribution >= 0.6 is 11.8 Å². The Kier molecular flexibility index (Phi) is 2.59. The zero-order valence-electron chi connectivity index (χ0n) is 10.5. The molecule has 19 heavy (non-hydrogen) atoms. The fourth-order valence-electron chi connectivity index (χ4n) is 2.84. The number of hydrogen-bond donors (Lipinski definition) is 0. The Morgan fingerprint density at radius 3 is 2.68 bits per heavy atom. The van der Waals surface area contributed by atoms with Crippen LogP contribution in [0.15, 0.2) is 59.6 Å². The average Bonchev–Trinajstić information content (AvgIpc) is 2.93. The first-order valence-corrected chi connectivity index (χ1v) is 7.54. The average molecular weight is 266 g/mol. The molecule has 2 aliphatic heterocycles. The van der Waals surface area contributed by atoms with Crippen LogP contribution < -0.4 is 0 Å². The van der Waals surface area contributed by atoms with E-state index in [0.29, 0.717) is 6.04 Å². The van der Waals surface area contributed by atoms with Crippen LogP contribution in [-0.4, -0.2) is 22.4 Å². The maximum absolute atomic E-state index is 4.79. The van der Waals surface area contributed by atoms with E-state index >= 15 is 0 Å². The van der Waals surface area contributed by atoms with Crippen molar-refractivity contribution in [1.82, 2.24) is 4.90 Å². The van der Waals surface area contributed by atoms with Crippen molar-refractivity contribution in [3.8, 4) is 0 Å². The minimum atomic E-state index is 0.319. The third-order valence-electron chi connectivity index (χ3n) is 3.68. The molecule has 2 heterocycles. The molecule has 2 nitrogen and oxygen atoms in total. The van der Waals surface area contributed by atoms with Gasteiger partial charge in [0.25, 0.3) is 0 Å². The minimum Gasteiger partial charge on any atom is -0.339 e. The van der Waals surface area contributed by atoms with E-state index in [0.717, 1.165) is 18.0 Å². The van der Waals surface area contributed by atoms with Gasteiger partial charge in [-0.25, -0.2) is 4.99 Å². The molecule has 0 saturated carbocycles. The lowest BCUT2D eigenvalue weighted by atomic mass is 9.95. The van der Waals surface area contributed by atoms with E-state index in [1.54, 1.807) is 0 Å². The molecule has 0 aromatic heterocycles. The van der Waals surface area contributed by atoms with Crippen LogP contribution in [0.3, 0.4) is 0 Å². The molecule has 2 aromatic rings. The predicted molar refractivity (Wildman–Crippen MR) is 81.0 cm³/mol. The second-order valence-electron chi connectivity index (χ2n) is 4.81. The second kappa shape index (κ2) is 4.42. The van der Waals surface area contributed by atoms with Crippen molar-refractivity contribution in [2.75, 3.05) is 12.3 Å². The summed E-state index contributed by atoms with van der Waals surface area (Å²) in [5, 5.41) is 1.17. The van der Waals surface area contributed by atoms with Gasteiger partial charge in [-0.3, -0.25) is 0 Å². The molecular formula is C16H14N2S. The summed E-state index contributed by atoms with van der Waals surface area (Å²) in [5.41, 5.74) is 3.79. The highest BCUT2D eigenvalue weighted by atomic mass is 32.2. The van der Waals surface area contributed by atoms with Crippen LogP contribution in [0.5, 0.6) is 0 Å². The van der Waals surface area contributed by atoms with Gasteiger partial charge in [-0.1, -0.05) is 60.3 Å². The number of thioether (sulfide) groups is 1. The van der Waals surface area contributed by atoms with Crippen molar-refractivity contribution < 1.29 is 0 Å². The summed E-state index contributed by atoms with van der Waals surface area (Å²) in [6, 6.07) is 19.6. The van der Waals surface area contributed by atoms with Crippen molar-refractivity contribution in [3.05, 3.63) is 65.7 Å². The Bertz CT molecular complexity index is 636. The van der Waals surface area contributed by atoms with Crippen LogP contribution in [0.1, 0.15) is 17.2 Å². The largest absolute Gasteiger partial charge is 0.339 e. The Balaban J connectivity index is 1.91. The number of fused-ring (bicyclic) bond motifs is 2. The molecule has 2 aromatic carbocycles. The van der Waals surface area contributed by atoms with Crippen LogP contribution in [0.2, 0.25) is 0 Å². The van der Waals surface area contributed by atoms with Crippen LogP contribution in [0.25, 0.3) is 0 Å². The summed E-state index contributed by atoms with van der Waals surface area (Å²) >= 11 is 1.86. The third kappa shape index (κ3) is 1.77. The molecule has 0 radical (unpaired) electrons. The summed E-state index contributed by atoms with van der Waals surface area (Å²) in [7, 11) is 0. The van der Waals surface area contributed by atoms with Gasteiger partial charge < -0.3 is 4.90 Å². The highest BCUT2D eigenvalue weighted by molar-refractivity contribution is 8.14. The van der Waals surface area contributed by atoms with Gasteiger partial charge in [0, 0.05) is 17.9 Å². The third-order valence-corrected chi connectivity index (χ3v) is 4.65. The van der Waals surface area contributed by atoms with E-state index in [1.165, 1.54) is 16.3 Å². The monoisotopic (exact) mass is 266 g/mol. The SMILES string of the molecule is c1ccc(C2c3ccccc3N=C3SCCN32)cc1. The van der Waals surface area contributed by atoms with Gasteiger partial charge in [0.15, 0.2) is 5.17 Å². The molecule has 4 rings (SSSR count). The highest BCUT2D eigenvalue weighted by Crippen LogP contribution is 2.42. The number of nitrogens with zero attached hydrogens (tertiary/aromatic N) is 2. The maximum atomic E-state index is 4.79. The Morgan fingerprint density at radius 1 is 1.00 bits per heavy atom. The lowest BCUT2D eigenvalue weighted by Crippen LogP contribution is -2.32. The van der Waals surface area contributed by atoms with Gasteiger partial charge in [-0.15, -0.1) is 0 Å². The van der Waals surface area contributed by atoms with Gasteiger partial charge >= 0.3 is 0 Å². The van der Waals surface area contributed by atoms with Crippen LogP contribution in [-0.2, 0) is 0 Å². The van der Waals surface area contributed by atoms with E-state index in [4.69, 9.17) is 4.99 Å². The molecule has 94 valence electrons. The van der Waals surface area contributed by atoms with Crippen molar-refractivity contribution in [2.45, 2.75) is 6.04 Å². The zero-order valence-corrected chi connectivity index (χ0v) is 11.3. The number of rotatable bonds is 1. The molecule has 0 N–H and O–H groups in total. The van der Waals surface area contributed by atoms with E-state index in [9.17, 15) is 0 Å². The van der Waals surface area contributed by atoms with E-state index in [-0.39, 0.29) is 0 Å². The molecule has 0 amide bonds. The van der Waals surface area contributed by atoms with Gasteiger partial charge in [0.1, 0.15) is 0 Å². The van der Waals surface area contributed by atoms with E-state index in [1.807, 2.05) is 11.8 Å². The lowest BCUT2D eigenvalue weighted by molar-refractivity contribution is 0.387. The first kappa shape index (κ1) is 11.1. The minimum absolute atomic E-state index is 0.319. The first-order valence-electron chi connectivity index (χ1n) is 6.55. The topological polar surface area (TPSA) is 15.6 Å². The fraction of sp³-hybridized carbons (Fsp3) is 0.188. The molecule has 0 bridgehead atoms. The van der Waals surface area contributed by atoms with Gasteiger partial charge in [0.2, 0.25) is 0 Å². The smallest absolute Gasteiger partial charge is 0.165 e. The second-order valence-corrected chi connectivity index (χ2v) is 5.87. The normalized spacial score (nSPS) is 20.7. The Labute approximate surface area is 117 Å². The maximum Gasteiger partial charge on any atom is 0.165 e. The van der Waals surface area contributed by atoms with Crippen molar-refractivity contribution in [3.63, 3.8) is 0 Å². The Hall–Kier alpha value is -1.74. The van der Waals surface area contributed by atoms with Gasteiger partial charge in [0.05, 0.1) is 11.7 Å². The summed E-state index contributed by atoms with van der Waals surface area (Å²) in [6.45, 7) is 1.08. The fourth-order valence-corrected chi connectivity index (χ4v) is 3.83. The van der Waals surface area contributed by atoms with Crippen molar-refractivity contribution >= 4 is 22.6 Å². The number of benzene rings is 2. The number of para-hydroxylation sites is 1. The molecule has 2 aliphatic rings. The number of aliphatic imine (C=N–C) groups is 1. The van der Waals surface area contributed by atoms with Gasteiger partial charge in [-0.2, -0.15) is 0 Å². The quantitative estimate of drug-likeness (QED) is 0.779. The molecule has 0 spiro atoms. The summed E-state index contributed by atoms with van der Waals surface area (Å²) < 4.78 is 0.